The van der Waals surface area contributed by atoms with Gasteiger partial charge in [-0.05, 0) is 49.1 Å². The first kappa shape index (κ1) is 37.9. The first-order chi connectivity index (χ1) is 24.6. The molecule has 1 aliphatic rings. The van der Waals surface area contributed by atoms with Crippen molar-refractivity contribution in [2.24, 2.45) is 5.92 Å². The molecule has 4 atom stereocenters. The SMILES string of the molecule is CC(C)[C@H](NC(=O)N(C)Cc1csc(C2CCC2)n1)C(=O)N[C@@H](Cc1ccccc1)[C@@H](O)C[C@H](Cc1ccccc1)NC(=O)OCc1cncs1. The number of hydrogen-bond donors (Lipinski definition) is 4. The topological polar surface area (TPSA) is 146 Å². The second-order valence-electron chi connectivity index (χ2n) is 13.5. The van der Waals surface area contributed by atoms with Crippen LogP contribution in [-0.2, 0) is 35.5 Å². The number of nitrogens with zero attached hydrogens (tertiary/aromatic N) is 3. The zero-order valence-corrected chi connectivity index (χ0v) is 31.0. The van der Waals surface area contributed by atoms with Crippen LogP contribution < -0.4 is 16.0 Å². The summed E-state index contributed by atoms with van der Waals surface area (Å²) < 4.78 is 5.45. The highest BCUT2D eigenvalue weighted by atomic mass is 32.1. The first-order valence-electron chi connectivity index (χ1n) is 17.5. The number of alkyl carbamates (subject to hydrolysis) is 1. The average molecular weight is 733 g/mol. The normalized spacial score (nSPS) is 15.2. The van der Waals surface area contributed by atoms with E-state index in [-0.39, 0.29) is 25.0 Å². The summed E-state index contributed by atoms with van der Waals surface area (Å²) in [4.78, 5) is 51.3. The van der Waals surface area contributed by atoms with Crippen LogP contribution in [0.4, 0.5) is 9.59 Å². The predicted molar refractivity (Wildman–Crippen MR) is 199 cm³/mol. The van der Waals surface area contributed by atoms with Gasteiger partial charge in [-0.1, -0.05) is 80.9 Å². The molecule has 2 aromatic heterocycles. The fourth-order valence-electron chi connectivity index (χ4n) is 5.96. The van der Waals surface area contributed by atoms with E-state index in [0.717, 1.165) is 26.7 Å². The molecule has 0 aliphatic heterocycles. The van der Waals surface area contributed by atoms with E-state index in [1.165, 1.54) is 35.5 Å². The number of nitrogens with one attached hydrogen (secondary N) is 3. The maximum absolute atomic E-state index is 13.9. The highest BCUT2D eigenvalue weighted by Gasteiger charge is 2.32. The van der Waals surface area contributed by atoms with Gasteiger partial charge >= 0.3 is 12.1 Å². The van der Waals surface area contributed by atoms with E-state index in [2.05, 4.69) is 20.9 Å². The minimum atomic E-state index is -1.05. The zero-order chi connectivity index (χ0) is 36.2. The Morgan fingerprint density at radius 3 is 2.25 bits per heavy atom. The van der Waals surface area contributed by atoms with Crippen molar-refractivity contribution >= 4 is 40.7 Å². The number of aromatic nitrogens is 2. The van der Waals surface area contributed by atoms with Crippen molar-refractivity contribution in [3.63, 3.8) is 0 Å². The monoisotopic (exact) mass is 732 g/mol. The third-order valence-corrected chi connectivity index (χ3v) is 10.9. The fraction of sp³-hybridized carbons (Fsp3) is 0.447. The molecule has 13 heteroatoms. The van der Waals surface area contributed by atoms with Gasteiger partial charge in [0, 0.05) is 30.6 Å². The number of carbonyl (C=O) groups is 3. The number of aliphatic hydroxyl groups excluding tert-OH is 1. The molecule has 2 heterocycles. The lowest BCUT2D eigenvalue weighted by Gasteiger charge is -2.31. The van der Waals surface area contributed by atoms with Gasteiger partial charge in [-0.3, -0.25) is 9.78 Å². The number of carbonyl (C=O) groups excluding carboxylic acids is 3. The van der Waals surface area contributed by atoms with Crippen LogP contribution >= 0.6 is 22.7 Å². The molecule has 51 heavy (non-hydrogen) atoms. The van der Waals surface area contributed by atoms with Crippen LogP contribution in [0.25, 0.3) is 0 Å². The summed E-state index contributed by atoms with van der Waals surface area (Å²) in [6, 6.07) is 16.8. The quantitative estimate of drug-likeness (QED) is 0.103. The van der Waals surface area contributed by atoms with E-state index in [0.29, 0.717) is 25.3 Å². The highest BCUT2D eigenvalue weighted by molar-refractivity contribution is 7.09. The molecule has 5 rings (SSSR count). The van der Waals surface area contributed by atoms with Crippen molar-refractivity contribution in [1.29, 1.82) is 0 Å². The van der Waals surface area contributed by atoms with E-state index >= 15 is 0 Å². The van der Waals surface area contributed by atoms with Crippen LogP contribution in [0.5, 0.6) is 0 Å². The Kier molecular flexibility index (Phi) is 14.0. The molecule has 0 bridgehead atoms. The number of amides is 4. The molecule has 272 valence electrons. The summed E-state index contributed by atoms with van der Waals surface area (Å²) in [5.74, 6) is -0.102. The van der Waals surface area contributed by atoms with E-state index in [1.807, 2.05) is 79.9 Å². The molecule has 2 aromatic carbocycles. The van der Waals surface area contributed by atoms with Gasteiger partial charge in [0.05, 0.1) is 39.8 Å². The molecule has 1 saturated carbocycles. The molecule has 4 N–H and O–H groups in total. The standard InChI is InChI=1S/C38H48N6O5S2/c1-25(2)34(43-37(47)44(3)21-30-23-50-36(40-30)28-15-10-16-28)35(46)42-32(18-27-13-8-5-9-14-27)33(45)19-29(17-26-11-6-4-7-12-26)41-38(48)49-22-31-20-39-24-51-31/h4-9,11-14,20,23-25,28-29,32-34,45H,10,15-19,21-22H2,1-3H3,(H,41,48)(H,42,46)(H,43,47)/t29-,32-,33-,34-/m0/s1. The number of benzene rings is 2. The summed E-state index contributed by atoms with van der Waals surface area (Å²) in [6.07, 6.45) is 4.48. The smallest absolute Gasteiger partial charge is 0.407 e. The van der Waals surface area contributed by atoms with E-state index in [1.54, 1.807) is 30.1 Å². The fourth-order valence-corrected chi connectivity index (χ4v) is 7.45. The molecule has 11 nitrogen and oxygen atoms in total. The van der Waals surface area contributed by atoms with E-state index < -0.39 is 36.2 Å². The Bertz CT molecular complexity index is 1670. The van der Waals surface area contributed by atoms with Crippen LogP contribution in [0, 0.1) is 5.92 Å². The number of hydrogen-bond acceptors (Lipinski definition) is 9. The maximum atomic E-state index is 13.9. The van der Waals surface area contributed by atoms with E-state index in [9.17, 15) is 19.5 Å². The van der Waals surface area contributed by atoms with Crippen LogP contribution in [0.1, 0.15) is 72.2 Å². The zero-order valence-electron chi connectivity index (χ0n) is 29.4. The van der Waals surface area contributed by atoms with Gasteiger partial charge in [-0.25, -0.2) is 14.6 Å². The third-order valence-electron chi connectivity index (χ3n) is 9.09. The minimum absolute atomic E-state index is 0.0899. The lowest BCUT2D eigenvalue weighted by atomic mass is 9.86. The summed E-state index contributed by atoms with van der Waals surface area (Å²) >= 11 is 3.03. The lowest BCUT2D eigenvalue weighted by molar-refractivity contribution is -0.125. The van der Waals surface area contributed by atoms with Crippen LogP contribution in [0.2, 0.25) is 0 Å². The van der Waals surface area contributed by atoms with Gasteiger partial charge in [0.25, 0.3) is 0 Å². The lowest BCUT2D eigenvalue weighted by Crippen LogP contribution is -2.57. The summed E-state index contributed by atoms with van der Waals surface area (Å²) in [6.45, 7) is 4.16. The molecule has 1 fully saturated rings. The first-order valence-corrected chi connectivity index (χ1v) is 19.2. The van der Waals surface area contributed by atoms with Gasteiger partial charge < -0.3 is 30.7 Å². The van der Waals surface area contributed by atoms with Crippen molar-refractivity contribution in [3.8, 4) is 0 Å². The number of urea groups is 1. The van der Waals surface area contributed by atoms with Crippen molar-refractivity contribution in [2.75, 3.05) is 7.05 Å². The molecule has 4 aromatic rings. The van der Waals surface area contributed by atoms with Gasteiger partial charge in [0.15, 0.2) is 0 Å². The molecule has 0 spiro atoms. The van der Waals surface area contributed by atoms with Crippen molar-refractivity contribution < 1.29 is 24.2 Å². The van der Waals surface area contributed by atoms with Crippen LogP contribution in [0.15, 0.2) is 77.8 Å². The van der Waals surface area contributed by atoms with Gasteiger partial charge in [0.2, 0.25) is 5.91 Å². The van der Waals surface area contributed by atoms with Crippen molar-refractivity contribution in [3.05, 3.63) is 104 Å². The van der Waals surface area contributed by atoms with Crippen LogP contribution in [0.3, 0.4) is 0 Å². The Balaban J connectivity index is 1.26. The number of thiazole rings is 2. The average Bonchev–Trinajstić information content (AvgIpc) is 3.78. The molecular formula is C38H48N6O5S2. The van der Waals surface area contributed by atoms with E-state index in [4.69, 9.17) is 9.72 Å². The second kappa shape index (κ2) is 18.8. The number of rotatable bonds is 17. The molecular weight excluding hydrogens is 685 g/mol. The van der Waals surface area contributed by atoms with Gasteiger partial charge in [-0.2, -0.15) is 0 Å². The summed E-state index contributed by atoms with van der Waals surface area (Å²) in [7, 11) is 1.69. The Morgan fingerprint density at radius 1 is 0.961 bits per heavy atom. The number of aliphatic hydroxyl groups is 1. The summed E-state index contributed by atoms with van der Waals surface area (Å²) in [5, 5.41) is 23.8. The summed E-state index contributed by atoms with van der Waals surface area (Å²) in [5.41, 5.74) is 4.41. The molecule has 0 saturated heterocycles. The molecule has 0 unspecified atom stereocenters. The van der Waals surface area contributed by atoms with Crippen LogP contribution in [-0.4, -0.2) is 69.3 Å². The highest BCUT2D eigenvalue weighted by Crippen LogP contribution is 2.37. The molecule has 1 aliphatic carbocycles. The predicted octanol–water partition coefficient (Wildman–Crippen LogP) is 6.05. The van der Waals surface area contributed by atoms with Crippen molar-refractivity contribution in [1.82, 2.24) is 30.8 Å². The largest absolute Gasteiger partial charge is 0.444 e. The third kappa shape index (κ3) is 11.6. The second-order valence-corrected chi connectivity index (χ2v) is 15.4. The Hall–Kier alpha value is -4.33. The molecule has 4 amide bonds. The van der Waals surface area contributed by atoms with Gasteiger partial charge in [-0.15, -0.1) is 22.7 Å². The Morgan fingerprint density at radius 2 is 1.65 bits per heavy atom. The van der Waals surface area contributed by atoms with Crippen molar-refractivity contribution in [2.45, 2.75) is 95.7 Å². The van der Waals surface area contributed by atoms with Gasteiger partial charge in [0.1, 0.15) is 12.6 Å². The Labute approximate surface area is 307 Å². The minimum Gasteiger partial charge on any atom is -0.444 e. The number of ether oxygens (including phenoxy) is 1. The molecule has 0 radical (unpaired) electrons. The maximum Gasteiger partial charge on any atom is 0.407 e.